The summed E-state index contributed by atoms with van der Waals surface area (Å²) in [5, 5.41) is 2.82. The van der Waals surface area contributed by atoms with Crippen molar-refractivity contribution in [3.05, 3.63) is 23.8 Å². The van der Waals surface area contributed by atoms with E-state index in [2.05, 4.69) is 5.32 Å². The molecule has 0 saturated carbocycles. The smallest absolute Gasteiger partial charge is 0.251 e. The minimum atomic E-state index is -0.140. The summed E-state index contributed by atoms with van der Waals surface area (Å²) in [5.74, 6) is 0.431. The molecule has 1 aromatic carbocycles. The molecule has 0 heterocycles. The van der Waals surface area contributed by atoms with Crippen molar-refractivity contribution in [2.24, 2.45) is 0 Å². The topological polar surface area (TPSA) is 73.6 Å². The van der Waals surface area contributed by atoms with Crippen LogP contribution >= 0.6 is 0 Å². The Morgan fingerprint density at radius 1 is 1.42 bits per heavy atom. The molecule has 0 spiro atoms. The summed E-state index contributed by atoms with van der Waals surface area (Å²) in [5.41, 5.74) is 6.74. The fourth-order valence-corrected chi connectivity index (χ4v) is 1.57. The van der Waals surface area contributed by atoms with Crippen molar-refractivity contribution < 1.29 is 14.3 Å². The van der Waals surface area contributed by atoms with Gasteiger partial charge in [0.2, 0.25) is 0 Å². The van der Waals surface area contributed by atoms with Gasteiger partial charge in [-0.15, -0.1) is 0 Å². The van der Waals surface area contributed by atoms with Gasteiger partial charge in [-0.25, -0.2) is 0 Å². The summed E-state index contributed by atoms with van der Waals surface area (Å²) in [4.78, 5) is 11.8. The second kappa shape index (κ2) is 7.63. The van der Waals surface area contributed by atoms with E-state index in [0.29, 0.717) is 30.2 Å². The van der Waals surface area contributed by atoms with Gasteiger partial charge in [0.05, 0.1) is 18.9 Å². The molecular weight excluding hydrogens is 244 g/mol. The number of carbonyl (C=O) groups is 1. The molecule has 0 aliphatic heterocycles. The highest BCUT2D eigenvalue weighted by Gasteiger charge is 2.07. The molecule has 0 aliphatic carbocycles. The van der Waals surface area contributed by atoms with Crippen LogP contribution in [-0.2, 0) is 4.74 Å². The molecule has 5 heteroatoms. The first-order valence-corrected chi connectivity index (χ1v) is 6.38. The Hall–Kier alpha value is -1.75. The Bertz CT molecular complexity index is 419. The van der Waals surface area contributed by atoms with Crippen LogP contribution in [0.5, 0.6) is 5.75 Å². The standard InChI is InChI=1S/C14H22N2O3/c1-10(2)19-8-4-7-16-14(17)11-5-6-13(18-3)12(15)9-11/h5-6,9-10H,4,7-8,15H2,1-3H3,(H,16,17). The number of rotatable bonds is 7. The fraction of sp³-hybridized carbons (Fsp3) is 0.500. The predicted molar refractivity (Wildman–Crippen MR) is 75.4 cm³/mol. The van der Waals surface area contributed by atoms with Gasteiger partial charge in [-0.1, -0.05) is 0 Å². The van der Waals surface area contributed by atoms with Gasteiger partial charge in [0.25, 0.3) is 5.91 Å². The quantitative estimate of drug-likeness (QED) is 0.583. The Kier molecular flexibility index (Phi) is 6.15. The Morgan fingerprint density at radius 2 is 2.16 bits per heavy atom. The number of nitrogen functional groups attached to an aromatic ring is 1. The third kappa shape index (κ3) is 5.18. The van der Waals surface area contributed by atoms with E-state index in [9.17, 15) is 4.79 Å². The van der Waals surface area contributed by atoms with E-state index in [1.165, 1.54) is 0 Å². The monoisotopic (exact) mass is 266 g/mol. The fourth-order valence-electron chi connectivity index (χ4n) is 1.57. The van der Waals surface area contributed by atoms with E-state index < -0.39 is 0 Å². The van der Waals surface area contributed by atoms with Crippen LogP contribution in [-0.4, -0.2) is 32.3 Å². The maximum absolute atomic E-state index is 11.8. The summed E-state index contributed by atoms with van der Waals surface area (Å²) < 4.78 is 10.4. The Balaban J connectivity index is 2.39. The van der Waals surface area contributed by atoms with Gasteiger partial charge in [0.1, 0.15) is 5.75 Å². The van der Waals surface area contributed by atoms with E-state index in [4.69, 9.17) is 15.2 Å². The molecule has 0 bridgehead atoms. The SMILES string of the molecule is COc1ccc(C(=O)NCCCOC(C)C)cc1N. The highest BCUT2D eigenvalue weighted by Crippen LogP contribution is 2.21. The Labute approximate surface area is 114 Å². The van der Waals surface area contributed by atoms with Gasteiger partial charge in [-0.2, -0.15) is 0 Å². The predicted octanol–water partition coefficient (Wildman–Crippen LogP) is 1.82. The molecule has 0 aliphatic rings. The van der Waals surface area contributed by atoms with Crippen LogP contribution in [0.15, 0.2) is 18.2 Å². The van der Waals surface area contributed by atoms with Crippen LogP contribution in [0.4, 0.5) is 5.69 Å². The lowest BCUT2D eigenvalue weighted by atomic mass is 10.1. The van der Waals surface area contributed by atoms with Crippen molar-refractivity contribution in [3.8, 4) is 5.75 Å². The number of nitrogens with two attached hydrogens (primary N) is 1. The summed E-state index contributed by atoms with van der Waals surface area (Å²) in [7, 11) is 1.54. The summed E-state index contributed by atoms with van der Waals surface area (Å²) in [6, 6.07) is 4.99. The lowest BCUT2D eigenvalue weighted by Gasteiger charge is -2.09. The summed E-state index contributed by atoms with van der Waals surface area (Å²) in [6.07, 6.45) is 1.01. The van der Waals surface area contributed by atoms with Crippen molar-refractivity contribution in [2.75, 3.05) is 26.0 Å². The van der Waals surface area contributed by atoms with E-state index in [0.717, 1.165) is 6.42 Å². The average Bonchev–Trinajstić information content (AvgIpc) is 2.37. The second-order valence-electron chi connectivity index (χ2n) is 4.49. The zero-order valence-corrected chi connectivity index (χ0v) is 11.7. The molecule has 0 saturated heterocycles. The normalized spacial score (nSPS) is 10.5. The second-order valence-corrected chi connectivity index (χ2v) is 4.49. The minimum absolute atomic E-state index is 0.140. The molecule has 0 fully saturated rings. The number of hydrogen-bond acceptors (Lipinski definition) is 4. The van der Waals surface area contributed by atoms with Gasteiger partial charge in [-0.3, -0.25) is 4.79 Å². The molecule has 1 amide bonds. The third-order valence-electron chi connectivity index (χ3n) is 2.55. The highest BCUT2D eigenvalue weighted by atomic mass is 16.5. The van der Waals surface area contributed by atoms with E-state index in [1.54, 1.807) is 25.3 Å². The van der Waals surface area contributed by atoms with Crippen LogP contribution < -0.4 is 15.8 Å². The first-order valence-electron chi connectivity index (χ1n) is 6.38. The molecule has 0 aromatic heterocycles. The number of amides is 1. The molecule has 1 aromatic rings. The van der Waals surface area contributed by atoms with Crippen molar-refractivity contribution in [1.82, 2.24) is 5.32 Å². The summed E-state index contributed by atoms with van der Waals surface area (Å²) in [6.45, 7) is 5.19. The number of methoxy groups -OCH3 is 1. The van der Waals surface area contributed by atoms with Crippen molar-refractivity contribution in [3.63, 3.8) is 0 Å². The van der Waals surface area contributed by atoms with E-state index in [1.807, 2.05) is 13.8 Å². The van der Waals surface area contributed by atoms with Crippen molar-refractivity contribution in [1.29, 1.82) is 0 Å². The number of benzene rings is 1. The van der Waals surface area contributed by atoms with Crippen LogP contribution in [0.2, 0.25) is 0 Å². The lowest BCUT2D eigenvalue weighted by molar-refractivity contribution is 0.0757. The van der Waals surface area contributed by atoms with Gasteiger partial charge in [0, 0.05) is 18.7 Å². The number of carbonyl (C=O) groups excluding carboxylic acids is 1. The highest BCUT2D eigenvalue weighted by molar-refractivity contribution is 5.95. The molecule has 19 heavy (non-hydrogen) atoms. The van der Waals surface area contributed by atoms with Crippen LogP contribution in [0, 0.1) is 0 Å². The molecule has 1 rings (SSSR count). The van der Waals surface area contributed by atoms with Gasteiger partial charge < -0.3 is 20.5 Å². The molecule has 3 N–H and O–H groups in total. The largest absolute Gasteiger partial charge is 0.495 e. The van der Waals surface area contributed by atoms with E-state index in [-0.39, 0.29) is 12.0 Å². The van der Waals surface area contributed by atoms with Crippen LogP contribution in [0.3, 0.4) is 0 Å². The molecular formula is C14H22N2O3. The van der Waals surface area contributed by atoms with Gasteiger partial charge in [0.15, 0.2) is 0 Å². The van der Waals surface area contributed by atoms with E-state index >= 15 is 0 Å². The van der Waals surface area contributed by atoms with Crippen molar-refractivity contribution in [2.45, 2.75) is 26.4 Å². The number of hydrogen-bond donors (Lipinski definition) is 2. The third-order valence-corrected chi connectivity index (χ3v) is 2.55. The zero-order valence-electron chi connectivity index (χ0n) is 11.7. The minimum Gasteiger partial charge on any atom is -0.495 e. The van der Waals surface area contributed by atoms with Crippen molar-refractivity contribution >= 4 is 11.6 Å². The van der Waals surface area contributed by atoms with Crippen LogP contribution in [0.25, 0.3) is 0 Å². The molecule has 106 valence electrons. The Morgan fingerprint density at radius 3 is 2.74 bits per heavy atom. The number of ether oxygens (including phenoxy) is 2. The average molecular weight is 266 g/mol. The molecule has 0 radical (unpaired) electrons. The van der Waals surface area contributed by atoms with Gasteiger partial charge >= 0.3 is 0 Å². The summed E-state index contributed by atoms with van der Waals surface area (Å²) >= 11 is 0. The maximum atomic E-state index is 11.8. The van der Waals surface area contributed by atoms with Crippen LogP contribution in [0.1, 0.15) is 30.6 Å². The molecule has 0 atom stereocenters. The molecule has 0 unspecified atom stereocenters. The maximum Gasteiger partial charge on any atom is 0.251 e. The molecule has 5 nitrogen and oxygen atoms in total. The first kappa shape index (κ1) is 15.3. The number of anilines is 1. The van der Waals surface area contributed by atoms with Gasteiger partial charge in [-0.05, 0) is 38.5 Å². The number of nitrogens with one attached hydrogen (secondary N) is 1. The zero-order chi connectivity index (χ0) is 14.3. The lowest BCUT2D eigenvalue weighted by Crippen LogP contribution is -2.25. The first-order chi connectivity index (χ1) is 9.04.